The molecule has 0 radical (unpaired) electrons. The van der Waals surface area contributed by atoms with Crippen LogP contribution in [0.2, 0.25) is 0 Å². The van der Waals surface area contributed by atoms with Crippen molar-refractivity contribution < 1.29 is 27.0 Å². The maximum atomic E-state index is 13.7. The van der Waals surface area contributed by atoms with Crippen molar-refractivity contribution in [1.82, 2.24) is 14.9 Å². The summed E-state index contributed by atoms with van der Waals surface area (Å²) in [4.78, 5) is 26.5. The van der Waals surface area contributed by atoms with E-state index in [0.717, 1.165) is 17.5 Å². The van der Waals surface area contributed by atoms with Crippen LogP contribution < -0.4 is 10.5 Å². The summed E-state index contributed by atoms with van der Waals surface area (Å²) in [7, 11) is -2.28. The van der Waals surface area contributed by atoms with Crippen molar-refractivity contribution in [3.63, 3.8) is 0 Å². The molecule has 0 saturated carbocycles. The van der Waals surface area contributed by atoms with Gasteiger partial charge in [0.2, 0.25) is 0 Å². The molecule has 2 aromatic heterocycles. The summed E-state index contributed by atoms with van der Waals surface area (Å²) >= 11 is 0. The van der Waals surface area contributed by atoms with E-state index in [9.17, 15) is 18.0 Å². The first kappa shape index (κ1) is 33.6. The molecule has 4 rings (SSSR count). The van der Waals surface area contributed by atoms with Crippen LogP contribution in [0.3, 0.4) is 0 Å². The van der Waals surface area contributed by atoms with E-state index < -0.39 is 22.0 Å². The summed E-state index contributed by atoms with van der Waals surface area (Å²) < 4.78 is 36.8. The summed E-state index contributed by atoms with van der Waals surface area (Å²) in [6, 6.07) is 13.6. The van der Waals surface area contributed by atoms with Gasteiger partial charge < -0.3 is 10.3 Å². The van der Waals surface area contributed by atoms with Crippen LogP contribution in [0.15, 0.2) is 70.3 Å². The van der Waals surface area contributed by atoms with Crippen molar-refractivity contribution >= 4 is 27.7 Å². The molecule has 2 atom stereocenters. The Labute approximate surface area is 265 Å². The first-order valence-corrected chi connectivity index (χ1v) is 16.6. The molecule has 12 heteroatoms. The number of rotatable bonds is 14. The predicted octanol–water partition coefficient (Wildman–Crippen LogP) is 5.18. The minimum absolute atomic E-state index is 0.0482. The van der Waals surface area contributed by atoms with Gasteiger partial charge in [-0.25, -0.2) is 17.7 Å². The molecule has 0 aliphatic rings. The third-order valence-electron chi connectivity index (χ3n) is 8.28. The Morgan fingerprint density at radius 2 is 1.82 bits per heavy atom. The van der Waals surface area contributed by atoms with Gasteiger partial charge in [-0.1, -0.05) is 62.7 Å². The maximum absolute atomic E-state index is 13.7. The number of likely N-dealkylation sites (N-methyl/N-ethyl adjacent to an activating group) is 1. The van der Waals surface area contributed by atoms with Gasteiger partial charge >= 0.3 is 5.91 Å². The SMILES string of the molecule is CCCCC(=O)[N+](C)(Cc1ccc(-c2ccccc2S(=O)(=O)Nc2noc(C)c2C)c(Cn2cccn2)c1)[C@H](C(N)=O)C(C)C. The Hall–Kier alpha value is -4.29. The van der Waals surface area contributed by atoms with Gasteiger partial charge in [-0.2, -0.15) is 5.10 Å². The highest BCUT2D eigenvalue weighted by Crippen LogP contribution is 2.34. The van der Waals surface area contributed by atoms with Crippen LogP contribution in [0, 0.1) is 19.8 Å². The summed E-state index contributed by atoms with van der Waals surface area (Å²) in [5.74, 6) is -0.0773. The molecule has 0 aliphatic heterocycles. The summed E-state index contributed by atoms with van der Waals surface area (Å²) in [6.45, 7) is 9.86. The van der Waals surface area contributed by atoms with Gasteiger partial charge in [-0.05, 0) is 49.6 Å². The number of aryl methyl sites for hydroxylation is 1. The van der Waals surface area contributed by atoms with Gasteiger partial charge in [0.1, 0.15) is 12.3 Å². The van der Waals surface area contributed by atoms with Crippen molar-refractivity contribution in [1.29, 1.82) is 0 Å². The molecule has 0 fully saturated rings. The molecule has 1 unspecified atom stereocenters. The predicted molar refractivity (Wildman–Crippen MR) is 172 cm³/mol. The molecule has 0 spiro atoms. The van der Waals surface area contributed by atoms with Gasteiger partial charge in [0.05, 0.1) is 24.9 Å². The number of benzene rings is 2. The molecule has 240 valence electrons. The Morgan fingerprint density at radius 1 is 1.09 bits per heavy atom. The average Bonchev–Trinajstić information content (AvgIpc) is 3.60. The number of sulfonamides is 1. The van der Waals surface area contributed by atoms with E-state index in [1.807, 2.05) is 51.2 Å². The van der Waals surface area contributed by atoms with Crippen LogP contribution >= 0.6 is 0 Å². The topological polar surface area (TPSA) is 150 Å². The number of aromatic nitrogens is 3. The second kappa shape index (κ2) is 13.8. The van der Waals surface area contributed by atoms with Gasteiger partial charge in [-0.15, -0.1) is 0 Å². The zero-order valence-electron chi connectivity index (χ0n) is 26.8. The number of unbranched alkanes of at least 4 members (excludes halogenated alkanes) is 1. The first-order valence-electron chi connectivity index (χ1n) is 15.1. The summed E-state index contributed by atoms with van der Waals surface area (Å²) in [6.07, 6.45) is 5.41. The van der Waals surface area contributed by atoms with Gasteiger partial charge in [0.25, 0.3) is 15.9 Å². The lowest BCUT2D eigenvalue weighted by atomic mass is 9.94. The van der Waals surface area contributed by atoms with Crippen molar-refractivity contribution in [2.45, 2.75) is 77.9 Å². The number of carbonyl (C=O) groups excluding carboxylic acids is 2. The van der Waals surface area contributed by atoms with E-state index in [1.165, 1.54) is 0 Å². The molecule has 0 aliphatic carbocycles. The minimum Gasteiger partial charge on any atom is -0.364 e. The quantitative estimate of drug-likeness (QED) is 0.181. The Balaban J connectivity index is 1.83. The maximum Gasteiger partial charge on any atom is 0.314 e. The second-order valence-corrected chi connectivity index (χ2v) is 13.7. The van der Waals surface area contributed by atoms with Gasteiger partial charge in [0.15, 0.2) is 11.9 Å². The van der Waals surface area contributed by atoms with Crippen LogP contribution in [0.5, 0.6) is 0 Å². The molecule has 0 saturated heterocycles. The molecule has 2 heterocycles. The monoisotopic (exact) mass is 635 g/mol. The lowest BCUT2D eigenvalue weighted by molar-refractivity contribution is -0.868. The van der Waals surface area contributed by atoms with Gasteiger partial charge in [0, 0.05) is 35.0 Å². The van der Waals surface area contributed by atoms with E-state index >= 15 is 0 Å². The van der Waals surface area contributed by atoms with E-state index in [2.05, 4.69) is 15.0 Å². The standard InChI is InChI=1S/C33H42N6O5S/c1-7-8-14-30(40)39(6,31(22(2)3)32(34)41)21-25-15-16-27(26(19-25)20-38-18-11-17-35-38)28-12-9-10-13-29(28)45(42,43)37-33-23(4)24(5)44-36-33/h9-13,15-19,22,31H,7-8,14,20-21H2,1-6H3,(H2-,34,36,37,41)/p+1/t31-,39?/m0/s1. The summed E-state index contributed by atoms with van der Waals surface area (Å²) in [5, 5.41) is 8.25. The highest BCUT2D eigenvalue weighted by atomic mass is 32.2. The number of anilines is 1. The largest absolute Gasteiger partial charge is 0.364 e. The molecule has 45 heavy (non-hydrogen) atoms. The third kappa shape index (κ3) is 7.34. The number of carbonyl (C=O) groups is 2. The molecular weight excluding hydrogens is 592 g/mol. The molecule has 0 bridgehead atoms. The number of hydrogen-bond acceptors (Lipinski definition) is 7. The van der Waals surface area contributed by atoms with E-state index in [-0.39, 0.29) is 33.6 Å². The molecule has 3 N–H and O–H groups in total. The average molecular weight is 636 g/mol. The normalized spacial score (nSPS) is 13.8. The highest BCUT2D eigenvalue weighted by Gasteiger charge is 2.45. The Morgan fingerprint density at radius 3 is 2.42 bits per heavy atom. The number of primary amides is 1. The first-order chi connectivity index (χ1) is 21.3. The fraction of sp³-hybridized carbons (Fsp3) is 0.394. The highest BCUT2D eigenvalue weighted by molar-refractivity contribution is 7.92. The number of nitrogens with one attached hydrogen (secondary N) is 1. The zero-order valence-corrected chi connectivity index (χ0v) is 27.6. The van der Waals surface area contributed by atoms with E-state index in [0.29, 0.717) is 41.8 Å². The van der Waals surface area contributed by atoms with Crippen LogP contribution in [0.1, 0.15) is 62.5 Å². The minimum atomic E-state index is -4.06. The number of hydrogen-bond donors (Lipinski definition) is 2. The fourth-order valence-electron chi connectivity index (χ4n) is 5.90. The van der Waals surface area contributed by atoms with Crippen LogP contribution in [0.25, 0.3) is 11.1 Å². The molecule has 2 amide bonds. The van der Waals surface area contributed by atoms with Crippen molar-refractivity contribution in [3.05, 3.63) is 83.4 Å². The van der Waals surface area contributed by atoms with E-state index in [1.54, 1.807) is 56.0 Å². The van der Waals surface area contributed by atoms with Crippen LogP contribution in [-0.2, 0) is 32.7 Å². The summed E-state index contributed by atoms with van der Waals surface area (Å²) in [5.41, 5.74) is 9.28. The number of amides is 2. The van der Waals surface area contributed by atoms with Gasteiger partial charge in [-0.3, -0.25) is 14.2 Å². The Bertz CT molecular complexity index is 1760. The van der Waals surface area contributed by atoms with E-state index in [4.69, 9.17) is 10.3 Å². The number of nitrogens with two attached hydrogens (primary N) is 1. The molecular formula is C33H43N6O5S+. The Kier molecular flexibility index (Phi) is 10.3. The lowest BCUT2D eigenvalue weighted by Crippen LogP contribution is -2.62. The number of quaternary nitrogens is 1. The van der Waals surface area contributed by atoms with Crippen LogP contribution in [-0.4, -0.2) is 52.7 Å². The molecule has 11 nitrogen and oxygen atoms in total. The smallest absolute Gasteiger partial charge is 0.314 e. The number of nitrogens with zero attached hydrogens (tertiary/aromatic N) is 4. The van der Waals surface area contributed by atoms with Crippen molar-refractivity contribution in [3.8, 4) is 11.1 Å². The van der Waals surface area contributed by atoms with Crippen LogP contribution in [0.4, 0.5) is 5.82 Å². The lowest BCUT2D eigenvalue weighted by Gasteiger charge is -2.39. The van der Waals surface area contributed by atoms with Crippen molar-refractivity contribution in [2.24, 2.45) is 11.7 Å². The molecule has 2 aromatic carbocycles. The zero-order chi connectivity index (χ0) is 32.9. The fourth-order valence-corrected chi connectivity index (χ4v) is 7.18. The third-order valence-corrected chi connectivity index (χ3v) is 9.68. The second-order valence-electron chi connectivity index (χ2n) is 12.0. The molecule has 4 aromatic rings. The van der Waals surface area contributed by atoms with Crippen molar-refractivity contribution in [2.75, 3.05) is 11.8 Å².